The van der Waals surface area contributed by atoms with E-state index in [0.717, 1.165) is 0 Å². The van der Waals surface area contributed by atoms with Gasteiger partial charge in [0.2, 0.25) is 0 Å². The number of amides is 1. The summed E-state index contributed by atoms with van der Waals surface area (Å²) in [7, 11) is 2.95. The second kappa shape index (κ2) is 4.32. The first-order chi connectivity index (χ1) is 6.61. The van der Waals surface area contributed by atoms with Gasteiger partial charge in [-0.3, -0.25) is 4.79 Å². The highest BCUT2D eigenvalue weighted by Crippen LogP contribution is 2.35. The zero-order valence-electron chi connectivity index (χ0n) is 7.83. The molecular formula is C9H10BrNO3. The Bertz CT molecular complexity index is 365. The molecule has 0 heterocycles. The summed E-state index contributed by atoms with van der Waals surface area (Å²) >= 11 is 3.22. The van der Waals surface area contributed by atoms with E-state index in [1.807, 2.05) is 0 Å². The van der Waals surface area contributed by atoms with Crippen molar-refractivity contribution in [1.29, 1.82) is 0 Å². The predicted octanol–water partition coefficient (Wildman–Crippen LogP) is 1.57. The van der Waals surface area contributed by atoms with E-state index in [2.05, 4.69) is 15.9 Å². The van der Waals surface area contributed by atoms with Crippen LogP contribution < -0.4 is 15.2 Å². The SMILES string of the molecule is COc1ccc(Br)c(C(N)=O)c1OC. The number of rotatable bonds is 3. The molecule has 5 heteroatoms. The van der Waals surface area contributed by atoms with Gasteiger partial charge in [-0.2, -0.15) is 0 Å². The van der Waals surface area contributed by atoms with Crippen LogP contribution in [0.1, 0.15) is 10.4 Å². The van der Waals surface area contributed by atoms with Crippen LogP contribution in [-0.2, 0) is 0 Å². The van der Waals surface area contributed by atoms with Crippen LogP contribution in [0.2, 0.25) is 0 Å². The Balaban J connectivity index is 3.42. The van der Waals surface area contributed by atoms with E-state index in [0.29, 0.717) is 16.0 Å². The van der Waals surface area contributed by atoms with Gasteiger partial charge in [0.05, 0.1) is 19.8 Å². The summed E-state index contributed by atoms with van der Waals surface area (Å²) in [6.45, 7) is 0. The zero-order valence-corrected chi connectivity index (χ0v) is 9.42. The molecule has 0 atom stereocenters. The first-order valence-electron chi connectivity index (χ1n) is 3.82. The molecule has 0 spiro atoms. The maximum atomic E-state index is 11.1. The molecule has 4 nitrogen and oxygen atoms in total. The third-order valence-electron chi connectivity index (χ3n) is 1.74. The molecule has 1 aromatic rings. The second-order valence-electron chi connectivity index (χ2n) is 2.52. The summed E-state index contributed by atoms with van der Waals surface area (Å²) in [5.74, 6) is 0.256. The fourth-order valence-electron chi connectivity index (χ4n) is 1.13. The minimum Gasteiger partial charge on any atom is -0.493 e. The van der Waals surface area contributed by atoms with Crippen LogP contribution in [0.25, 0.3) is 0 Å². The summed E-state index contributed by atoms with van der Waals surface area (Å²) in [5, 5.41) is 0. The average molecular weight is 260 g/mol. The summed E-state index contributed by atoms with van der Waals surface area (Å²) in [5.41, 5.74) is 5.49. The lowest BCUT2D eigenvalue weighted by molar-refractivity contribution is 0.0996. The molecular weight excluding hydrogens is 250 g/mol. The Morgan fingerprint density at radius 2 is 2.00 bits per heavy atom. The third-order valence-corrected chi connectivity index (χ3v) is 2.40. The molecule has 0 aliphatic rings. The normalized spacial score (nSPS) is 9.64. The number of benzene rings is 1. The van der Waals surface area contributed by atoms with Crippen molar-refractivity contribution in [2.45, 2.75) is 0 Å². The van der Waals surface area contributed by atoms with Gasteiger partial charge in [0, 0.05) is 4.47 Å². The fourth-order valence-corrected chi connectivity index (χ4v) is 1.64. The van der Waals surface area contributed by atoms with Gasteiger partial charge in [0.15, 0.2) is 11.5 Å². The van der Waals surface area contributed by atoms with Gasteiger partial charge in [-0.15, -0.1) is 0 Å². The van der Waals surface area contributed by atoms with Crippen LogP contribution in [0, 0.1) is 0 Å². The fraction of sp³-hybridized carbons (Fsp3) is 0.222. The van der Waals surface area contributed by atoms with Gasteiger partial charge in [-0.25, -0.2) is 0 Å². The van der Waals surface area contributed by atoms with Crippen molar-refractivity contribution < 1.29 is 14.3 Å². The lowest BCUT2D eigenvalue weighted by Crippen LogP contribution is -2.13. The van der Waals surface area contributed by atoms with E-state index < -0.39 is 5.91 Å². The topological polar surface area (TPSA) is 61.5 Å². The van der Waals surface area contributed by atoms with Crippen molar-refractivity contribution in [3.8, 4) is 11.5 Å². The van der Waals surface area contributed by atoms with E-state index in [-0.39, 0.29) is 5.56 Å². The van der Waals surface area contributed by atoms with E-state index in [1.165, 1.54) is 14.2 Å². The standard InChI is InChI=1S/C9H10BrNO3/c1-13-6-4-3-5(10)7(9(11)12)8(6)14-2/h3-4H,1-2H3,(H2,11,12). The Morgan fingerprint density at radius 1 is 1.36 bits per heavy atom. The molecule has 1 rings (SSSR count). The molecule has 76 valence electrons. The van der Waals surface area contributed by atoms with Crippen LogP contribution in [0.5, 0.6) is 11.5 Å². The molecule has 0 fully saturated rings. The van der Waals surface area contributed by atoms with E-state index in [9.17, 15) is 4.79 Å². The van der Waals surface area contributed by atoms with Gasteiger partial charge in [-0.05, 0) is 28.1 Å². The maximum Gasteiger partial charge on any atom is 0.253 e. The number of carbonyl (C=O) groups excluding carboxylic acids is 1. The molecule has 0 unspecified atom stereocenters. The van der Waals surface area contributed by atoms with Crippen molar-refractivity contribution in [3.05, 3.63) is 22.2 Å². The number of carbonyl (C=O) groups is 1. The molecule has 0 radical (unpaired) electrons. The third kappa shape index (κ3) is 1.82. The highest BCUT2D eigenvalue weighted by atomic mass is 79.9. The van der Waals surface area contributed by atoms with Crippen molar-refractivity contribution in [2.24, 2.45) is 5.73 Å². The molecule has 0 saturated heterocycles. The van der Waals surface area contributed by atoms with Crippen LogP contribution in [-0.4, -0.2) is 20.1 Å². The van der Waals surface area contributed by atoms with Crippen molar-refractivity contribution in [1.82, 2.24) is 0 Å². The van der Waals surface area contributed by atoms with Crippen LogP contribution in [0.3, 0.4) is 0 Å². The smallest absolute Gasteiger partial charge is 0.253 e. The van der Waals surface area contributed by atoms with Crippen LogP contribution >= 0.6 is 15.9 Å². The first-order valence-corrected chi connectivity index (χ1v) is 4.61. The van der Waals surface area contributed by atoms with Crippen molar-refractivity contribution >= 4 is 21.8 Å². The predicted molar refractivity (Wildman–Crippen MR) is 55.8 cm³/mol. The monoisotopic (exact) mass is 259 g/mol. The Hall–Kier alpha value is -1.23. The quantitative estimate of drug-likeness (QED) is 0.897. The summed E-state index contributed by atoms with van der Waals surface area (Å²) in [4.78, 5) is 11.1. The molecule has 2 N–H and O–H groups in total. The van der Waals surface area contributed by atoms with Gasteiger partial charge in [0.1, 0.15) is 0 Å². The minimum absolute atomic E-state index is 0.284. The highest BCUT2D eigenvalue weighted by molar-refractivity contribution is 9.10. The van der Waals surface area contributed by atoms with E-state index in [1.54, 1.807) is 12.1 Å². The summed E-state index contributed by atoms with van der Waals surface area (Å²) in [6.07, 6.45) is 0. The number of halogens is 1. The summed E-state index contributed by atoms with van der Waals surface area (Å²) < 4.78 is 10.7. The maximum absolute atomic E-state index is 11.1. The largest absolute Gasteiger partial charge is 0.493 e. The Morgan fingerprint density at radius 3 is 2.43 bits per heavy atom. The molecule has 0 aromatic heterocycles. The average Bonchev–Trinajstić information content (AvgIpc) is 2.16. The molecule has 0 bridgehead atoms. The van der Waals surface area contributed by atoms with Crippen LogP contribution in [0.15, 0.2) is 16.6 Å². The number of nitrogens with two attached hydrogens (primary N) is 1. The molecule has 1 aromatic carbocycles. The van der Waals surface area contributed by atoms with E-state index >= 15 is 0 Å². The lowest BCUT2D eigenvalue weighted by atomic mass is 10.2. The second-order valence-corrected chi connectivity index (χ2v) is 3.38. The lowest BCUT2D eigenvalue weighted by Gasteiger charge is -2.11. The van der Waals surface area contributed by atoms with Crippen molar-refractivity contribution in [3.63, 3.8) is 0 Å². The Kier molecular flexibility index (Phi) is 3.35. The molecule has 1 amide bonds. The number of primary amides is 1. The van der Waals surface area contributed by atoms with Gasteiger partial charge in [-0.1, -0.05) is 0 Å². The van der Waals surface area contributed by atoms with Crippen LogP contribution in [0.4, 0.5) is 0 Å². The molecule has 0 aliphatic heterocycles. The number of hydrogen-bond acceptors (Lipinski definition) is 3. The summed E-state index contributed by atoms with van der Waals surface area (Å²) in [6, 6.07) is 3.37. The number of methoxy groups -OCH3 is 2. The van der Waals surface area contributed by atoms with E-state index in [4.69, 9.17) is 15.2 Å². The van der Waals surface area contributed by atoms with Gasteiger partial charge in [0.25, 0.3) is 5.91 Å². The molecule has 0 saturated carbocycles. The number of ether oxygens (including phenoxy) is 2. The zero-order chi connectivity index (χ0) is 10.7. The first kappa shape index (κ1) is 10.8. The van der Waals surface area contributed by atoms with Gasteiger partial charge >= 0.3 is 0 Å². The minimum atomic E-state index is -0.562. The number of hydrogen-bond donors (Lipinski definition) is 1. The Labute approximate surface area is 90.1 Å². The van der Waals surface area contributed by atoms with Gasteiger partial charge < -0.3 is 15.2 Å². The van der Waals surface area contributed by atoms with Crippen molar-refractivity contribution in [2.75, 3.05) is 14.2 Å². The molecule has 14 heavy (non-hydrogen) atoms. The highest BCUT2D eigenvalue weighted by Gasteiger charge is 2.17. The molecule has 0 aliphatic carbocycles.